The van der Waals surface area contributed by atoms with E-state index in [0.717, 1.165) is 11.1 Å². The van der Waals surface area contributed by atoms with E-state index in [0.29, 0.717) is 5.70 Å². The number of benzene rings is 2. The van der Waals surface area contributed by atoms with Crippen molar-refractivity contribution >= 4 is 11.6 Å². The van der Waals surface area contributed by atoms with E-state index in [4.69, 9.17) is 0 Å². The van der Waals surface area contributed by atoms with Crippen LogP contribution in [0.2, 0.25) is 0 Å². The van der Waals surface area contributed by atoms with Crippen LogP contribution in [0.5, 0.6) is 0 Å². The summed E-state index contributed by atoms with van der Waals surface area (Å²) in [7, 11) is 0. The van der Waals surface area contributed by atoms with Crippen LogP contribution in [0.25, 0.3) is 16.8 Å². The van der Waals surface area contributed by atoms with Crippen molar-refractivity contribution in [1.82, 2.24) is 5.32 Å². The highest BCUT2D eigenvalue weighted by molar-refractivity contribution is 5.84. The normalized spacial score (nSPS) is 9.83. The molecule has 0 unspecified atom stereocenters. The molecule has 2 heteroatoms. The molecular formula is C16H15NO. The lowest BCUT2D eigenvalue weighted by Crippen LogP contribution is -2.17. The molecule has 2 aromatic carbocycles. The van der Waals surface area contributed by atoms with E-state index < -0.39 is 0 Å². The molecule has 2 nitrogen and oxygen atoms in total. The molecule has 1 N–H and O–H groups in total. The summed E-state index contributed by atoms with van der Waals surface area (Å²) in [5, 5.41) is 2.68. The van der Waals surface area contributed by atoms with E-state index in [-0.39, 0.29) is 5.91 Å². The van der Waals surface area contributed by atoms with Gasteiger partial charge in [-0.15, -0.1) is 0 Å². The van der Waals surface area contributed by atoms with Crippen LogP contribution in [-0.4, -0.2) is 5.91 Å². The van der Waals surface area contributed by atoms with Gasteiger partial charge in [0.15, 0.2) is 0 Å². The lowest BCUT2D eigenvalue weighted by Gasteiger charge is -2.07. The Morgan fingerprint density at radius 1 is 0.944 bits per heavy atom. The third kappa shape index (κ3) is 2.86. The molecule has 0 radical (unpaired) electrons. The number of hydrogen-bond acceptors (Lipinski definition) is 1. The van der Waals surface area contributed by atoms with Gasteiger partial charge in [-0.1, -0.05) is 61.2 Å². The van der Waals surface area contributed by atoms with Gasteiger partial charge in [-0.2, -0.15) is 0 Å². The second-order valence-electron chi connectivity index (χ2n) is 4.10. The van der Waals surface area contributed by atoms with Crippen molar-refractivity contribution < 1.29 is 4.79 Å². The largest absolute Gasteiger partial charge is 0.326 e. The van der Waals surface area contributed by atoms with E-state index in [1.54, 1.807) is 0 Å². The van der Waals surface area contributed by atoms with E-state index in [1.165, 1.54) is 12.5 Å². The standard InChI is InChI=1S/C16H15NO/c1-12(17-13(2)18)14-8-10-16(11-9-14)15-6-4-3-5-7-15/h3-11H,1H2,2H3,(H,17,18). The highest BCUT2D eigenvalue weighted by Crippen LogP contribution is 2.20. The molecule has 0 aliphatic heterocycles. The van der Waals surface area contributed by atoms with E-state index in [1.807, 2.05) is 42.5 Å². The fraction of sp³-hybridized carbons (Fsp3) is 0.0625. The Kier molecular flexibility index (Phi) is 3.58. The highest BCUT2D eigenvalue weighted by Gasteiger charge is 2.01. The number of carbonyl (C=O) groups is 1. The Hall–Kier alpha value is -2.35. The van der Waals surface area contributed by atoms with Gasteiger partial charge in [-0.25, -0.2) is 0 Å². The smallest absolute Gasteiger partial charge is 0.221 e. The first-order chi connectivity index (χ1) is 8.66. The van der Waals surface area contributed by atoms with Gasteiger partial charge in [0.2, 0.25) is 5.91 Å². The maximum atomic E-state index is 10.9. The molecule has 0 aliphatic carbocycles. The van der Waals surface area contributed by atoms with Crippen LogP contribution in [0.3, 0.4) is 0 Å². The van der Waals surface area contributed by atoms with Crippen molar-refractivity contribution in [2.24, 2.45) is 0 Å². The summed E-state index contributed by atoms with van der Waals surface area (Å²) >= 11 is 0. The molecule has 0 saturated carbocycles. The van der Waals surface area contributed by atoms with Crippen molar-refractivity contribution in [3.63, 3.8) is 0 Å². The number of hydrogen-bond donors (Lipinski definition) is 1. The average molecular weight is 237 g/mol. The summed E-state index contributed by atoms with van der Waals surface area (Å²) < 4.78 is 0. The molecule has 0 bridgehead atoms. The Morgan fingerprint density at radius 3 is 2.06 bits per heavy atom. The number of carbonyl (C=O) groups excluding carboxylic acids is 1. The first-order valence-corrected chi connectivity index (χ1v) is 5.79. The molecule has 0 saturated heterocycles. The molecule has 2 aromatic rings. The van der Waals surface area contributed by atoms with Gasteiger partial charge >= 0.3 is 0 Å². The van der Waals surface area contributed by atoms with Gasteiger partial charge in [-0.05, 0) is 16.7 Å². The third-order valence-corrected chi connectivity index (χ3v) is 2.67. The molecule has 0 aromatic heterocycles. The van der Waals surface area contributed by atoms with Gasteiger partial charge in [0.05, 0.1) is 0 Å². The Balaban J connectivity index is 2.20. The van der Waals surface area contributed by atoms with Gasteiger partial charge in [-0.3, -0.25) is 4.79 Å². The molecule has 2 rings (SSSR count). The van der Waals surface area contributed by atoms with Crippen molar-refractivity contribution in [2.45, 2.75) is 6.92 Å². The molecule has 0 aliphatic rings. The summed E-state index contributed by atoms with van der Waals surface area (Å²) in [5.41, 5.74) is 3.87. The average Bonchev–Trinajstić information content (AvgIpc) is 2.39. The fourth-order valence-electron chi connectivity index (χ4n) is 1.78. The molecule has 18 heavy (non-hydrogen) atoms. The van der Waals surface area contributed by atoms with Crippen LogP contribution < -0.4 is 5.32 Å². The predicted octanol–water partition coefficient (Wildman–Crippen LogP) is 3.46. The van der Waals surface area contributed by atoms with Crippen molar-refractivity contribution in [2.75, 3.05) is 0 Å². The summed E-state index contributed by atoms with van der Waals surface area (Å²) in [4.78, 5) is 10.9. The zero-order valence-electron chi connectivity index (χ0n) is 10.3. The van der Waals surface area contributed by atoms with Crippen LogP contribution >= 0.6 is 0 Å². The Labute approximate surface area is 107 Å². The Morgan fingerprint density at radius 2 is 1.50 bits per heavy atom. The second kappa shape index (κ2) is 5.32. The lowest BCUT2D eigenvalue weighted by atomic mass is 10.0. The van der Waals surface area contributed by atoms with Gasteiger partial charge < -0.3 is 5.32 Å². The van der Waals surface area contributed by atoms with Crippen LogP contribution in [0.15, 0.2) is 61.2 Å². The fourth-order valence-corrected chi connectivity index (χ4v) is 1.78. The van der Waals surface area contributed by atoms with Gasteiger partial charge in [0, 0.05) is 12.6 Å². The van der Waals surface area contributed by atoms with Crippen molar-refractivity contribution in [1.29, 1.82) is 0 Å². The molecule has 0 fully saturated rings. The zero-order chi connectivity index (χ0) is 13.0. The molecule has 1 amide bonds. The summed E-state index contributed by atoms with van der Waals surface area (Å²) in [6.07, 6.45) is 0. The van der Waals surface area contributed by atoms with E-state index in [9.17, 15) is 4.79 Å². The second-order valence-corrected chi connectivity index (χ2v) is 4.10. The van der Waals surface area contributed by atoms with Crippen LogP contribution in [0, 0.1) is 0 Å². The van der Waals surface area contributed by atoms with E-state index >= 15 is 0 Å². The maximum absolute atomic E-state index is 10.9. The predicted molar refractivity (Wildman–Crippen MR) is 74.7 cm³/mol. The van der Waals surface area contributed by atoms with Crippen molar-refractivity contribution in [3.8, 4) is 11.1 Å². The summed E-state index contributed by atoms with van der Waals surface area (Å²) in [6, 6.07) is 18.1. The lowest BCUT2D eigenvalue weighted by molar-refractivity contribution is -0.117. The number of rotatable bonds is 3. The van der Waals surface area contributed by atoms with E-state index in [2.05, 4.69) is 24.0 Å². The molecular weight excluding hydrogens is 222 g/mol. The minimum atomic E-state index is -0.105. The SMILES string of the molecule is C=C(NC(C)=O)c1ccc(-c2ccccc2)cc1. The quantitative estimate of drug-likeness (QED) is 0.870. The summed E-state index contributed by atoms with van der Waals surface area (Å²) in [5.74, 6) is -0.105. The van der Waals surface area contributed by atoms with Gasteiger partial charge in [0.25, 0.3) is 0 Å². The number of nitrogens with one attached hydrogen (secondary N) is 1. The van der Waals surface area contributed by atoms with Gasteiger partial charge in [0.1, 0.15) is 0 Å². The first kappa shape index (κ1) is 12.1. The van der Waals surface area contributed by atoms with Crippen molar-refractivity contribution in [3.05, 3.63) is 66.7 Å². The first-order valence-electron chi connectivity index (χ1n) is 5.79. The monoisotopic (exact) mass is 237 g/mol. The molecule has 0 heterocycles. The minimum Gasteiger partial charge on any atom is -0.326 e. The highest BCUT2D eigenvalue weighted by atomic mass is 16.1. The molecule has 90 valence electrons. The third-order valence-electron chi connectivity index (χ3n) is 2.67. The van der Waals surface area contributed by atoms with Crippen LogP contribution in [0.4, 0.5) is 0 Å². The number of amides is 1. The summed E-state index contributed by atoms with van der Waals surface area (Å²) in [6.45, 7) is 5.31. The topological polar surface area (TPSA) is 29.1 Å². The Bertz CT molecular complexity index is 555. The minimum absolute atomic E-state index is 0.105. The maximum Gasteiger partial charge on any atom is 0.221 e. The molecule has 0 spiro atoms. The molecule has 0 atom stereocenters. The van der Waals surface area contributed by atoms with Crippen LogP contribution in [-0.2, 0) is 4.79 Å². The zero-order valence-corrected chi connectivity index (χ0v) is 10.3. The van der Waals surface area contributed by atoms with Crippen LogP contribution in [0.1, 0.15) is 12.5 Å².